The molecule has 3 saturated carbocycles. The number of hydrogen-bond acceptors (Lipinski definition) is 5. The number of aromatic nitrogens is 3. The fourth-order valence-corrected chi connectivity index (χ4v) is 5.66. The van der Waals surface area contributed by atoms with Crippen LogP contribution < -0.4 is 5.32 Å². The summed E-state index contributed by atoms with van der Waals surface area (Å²) in [6, 6.07) is 12.7. The second-order valence-corrected chi connectivity index (χ2v) is 9.38. The molecule has 0 amide bonds. The number of nitrogens with one attached hydrogen (secondary N) is 1. The lowest BCUT2D eigenvalue weighted by Crippen LogP contribution is -2.53. The van der Waals surface area contributed by atoms with E-state index in [0.717, 1.165) is 61.2 Å². The van der Waals surface area contributed by atoms with E-state index in [-0.39, 0.29) is 5.54 Å². The summed E-state index contributed by atoms with van der Waals surface area (Å²) >= 11 is 1.76. The van der Waals surface area contributed by atoms with Crippen LogP contribution in [0.4, 0.5) is 5.82 Å². The highest BCUT2D eigenvalue weighted by Gasteiger charge is 2.47. The molecule has 0 atom stereocenters. The second-order valence-electron chi connectivity index (χ2n) is 8.43. The Morgan fingerprint density at radius 1 is 1.00 bits per heavy atom. The average Bonchev–Trinajstić information content (AvgIpc) is 3.35. The van der Waals surface area contributed by atoms with E-state index in [2.05, 4.69) is 39.9 Å². The molecule has 4 aromatic rings. The number of anilines is 1. The summed E-state index contributed by atoms with van der Waals surface area (Å²) in [5.74, 6) is 0.885. The molecule has 0 unspecified atom stereocenters. The molecule has 0 aliphatic heterocycles. The van der Waals surface area contributed by atoms with Gasteiger partial charge in [0.05, 0.1) is 17.5 Å². The molecule has 2 N–H and O–H groups in total. The van der Waals surface area contributed by atoms with E-state index in [1.165, 1.54) is 10.1 Å². The molecular weight excluding hydrogens is 368 g/mol. The first-order chi connectivity index (χ1) is 13.6. The molecule has 3 heterocycles. The summed E-state index contributed by atoms with van der Waals surface area (Å²) in [5.41, 5.74) is 2.64. The molecule has 0 radical (unpaired) electrons. The summed E-state index contributed by atoms with van der Waals surface area (Å²) in [6.07, 6.45) is 7.59. The Kier molecular flexibility index (Phi) is 3.41. The molecule has 3 aliphatic rings. The summed E-state index contributed by atoms with van der Waals surface area (Å²) in [4.78, 5) is 4.55. The van der Waals surface area contributed by atoms with Gasteiger partial charge in [-0.2, -0.15) is 0 Å². The van der Waals surface area contributed by atoms with Crippen molar-refractivity contribution in [1.82, 2.24) is 14.6 Å². The SMILES string of the molecule is OC12CCC(Nc3ccc4ncc(-c5ccc6sccc6c5)n4n3)(CC1)CC2. The van der Waals surface area contributed by atoms with Crippen LogP contribution >= 0.6 is 11.3 Å². The highest BCUT2D eigenvalue weighted by atomic mass is 32.1. The number of benzene rings is 1. The van der Waals surface area contributed by atoms with Gasteiger partial charge in [0, 0.05) is 15.8 Å². The minimum atomic E-state index is -0.418. The van der Waals surface area contributed by atoms with E-state index < -0.39 is 5.60 Å². The van der Waals surface area contributed by atoms with Crippen molar-refractivity contribution < 1.29 is 5.11 Å². The summed E-state index contributed by atoms with van der Waals surface area (Å²) in [6.45, 7) is 0. The Hall–Kier alpha value is -2.44. The minimum Gasteiger partial charge on any atom is -0.390 e. The number of thiophene rings is 1. The average molecular weight is 391 g/mol. The van der Waals surface area contributed by atoms with Crippen LogP contribution in [0.15, 0.2) is 48.0 Å². The molecule has 3 aliphatic carbocycles. The van der Waals surface area contributed by atoms with E-state index in [9.17, 15) is 5.11 Å². The maximum atomic E-state index is 10.5. The molecule has 3 aromatic heterocycles. The van der Waals surface area contributed by atoms with Gasteiger partial charge >= 0.3 is 0 Å². The summed E-state index contributed by atoms with van der Waals surface area (Å²) in [5, 5.41) is 22.5. The van der Waals surface area contributed by atoms with Crippen LogP contribution in [0.2, 0.25) is 0 Å². The summed E-state index contributed by atoms with van der Waals surface area (Å²) < 4.78 is 3.23. The van der Waals surface area contributed by atoms with Crippen molar-refractivity contribution >= 4 is 32.9 Å². The number of rotatable bonds is 3. The monoisotopic (exact) mass is 390 g/mol. The maximum Gasteiger partial charge on any atom is 0.154 e. The fourth-order valence-electron chi connectivity index (χ4n) is 4.89. The van der Waals surface area contributed by atoms with Crippen molar-refractivity contribution in [2.24, 2.45) is 0 Å². The van der Waals surface area contributed by atoms with E-state index in [1.54, 1.807) is 11.3 Å². The molecule has 0 spiro atoms. The molecule has 0 saturated heterocycles. The molecule has 3 fully saturated rings. The van der Waals surface area contributed by atoms with Gasteiger partial charge in [0.15, 0.2) is 5.65 Å². The van der Waals surface area contributed by atoms with Crippen LogP contribution in [-0.2, 0) is 0 Å². The molecule has 7 rings (SSSR count). The highest BCUT2D eigenvalue weighted by Crippen LogP contribution is 2.48. The highest BCUT2D eigenvalue weighted by molar-refractivity contribution is 7.17. The topological polar surface area (TPSA) is 62.5 Å². The first-order valence-corrected chi connectivity index (χ1v) is 10.8. The van der Waals surface area contributed by atoms with Gasteiger partial charge in [0.25, 0.3) is 0 Å². The van der Waals surface area contributed by atoms with Gasteiger partial charge in [-0.05, 0) is 79.6 Å². The molecule has 2 bridgehead atoms. The van der Waals surface area contributed by atoms with Crippen LogP contribution in [-0.4, -0.2) is 30.8 Å². The number of aliphatic hydroxyl groups is 1. The van der Waals surface area contributed by atoms with Gasteiger partial charge in [0.1, 0.15) is 5.82 Å². The third-order valence-electron chi connectivity index (χ3n) is 6.71. The van der Waals surface area contributed by atoms with E-state index in [1.807, 2.05) is 22.8 Å². The lowest BCUT2D eigenvalue weighted by Gasteiger charge is -2.51. The quantitative estimate of drug-likeness (QED) is 0.524. The molecule has 6 heteroatoms. The Balaban J connectivity index is 1.37. The Labute approximate surface area is 167 Å². The van der Waals surface area contributed by atoms with Crippen molar-refractivity contribution in [3.8, 4) is 11.3 Å². The smallest absolute Gasteiger partial charge is 0.154 e. The fraction of sp³-hybridized carbons (Fsp3) is 0.364. The van der Waals surface area contributed by atoms with Crippen LogP contribution in [0, 0.1) is 0 Å². The zero-order chi connectivity index (χ0) is 18.8. The summed E-state index contributed by atoms with van der Waals surface area (Å²) in [7, 11) is 0. The van der Waals surface area contributed by atoms with Crippen LogP contribution in [0.25, 0.3) is 27.0 Å². The van der Waals surface area contributed by atoms with Crippen LogP contribution in [0.3, 0.4) is 0 Å². The lowest BCUT2D eigenvalue weighted by molar-refractivity contribution is -0.0580. The number of nitrogens with zero attached hydrogens (tertiary/aromatic N) is 3. The van der Waals surface area contributed by atoms with Gasteiger partial charge < -0.3 is 10.4 Å². The van der Waals surface area contributed by atoms with Crippen LogP contribution in [0.5, 0.6) is 0 Å². The molecule has 142 valence electrons. The predicted molar refractivity (Wildman–Crippen MR) is 113 cm³/mol. The number of imidazole rings is 1. The van der Waals surface area contributed by atoms with Gasteiger partial charge in [-0.25, -0.2) is 9.50 Å². The van der Waals surface area contributed by atoms with E-state index >= 15 is 0 Å². The third kappa shape index (κ3) is 2.55. The van der Waals surface area contributed by atoms with Gasteiger partial charge in [-0.1, -0.05) is 6.07 Å². The Morgan fingerprint density at radius 2 is 1.82 bits per heavy atom. The first-order valence-electron chi connectivity index (χ1n) is 9.95. The molecule has 5 nitrogen and oxygen atoms in total. The van der Waals surface area contributed by atoms with Crippen molar-refractivity contribution in [2.75, 3.05) is 5.32 Å². The Morgan fingerprint density at radius 3 is 2.64 bits per heavy atom. The van der Waals surface area contributed by atoms with Gasteiger partial charge in [-0.3, -0.25) is 0 Å². The maximum absolute atomic E-state index is 10.5. The molecule has 1 aromatic carbocycles. The predicted octanol–water partition coefficient (Wildman–Crippen LogP) is 4.86. The van der Waals surface area contributed by atoms with Crippen molar-refractivity contribution in [1.29, 1.82) is 0 Å². The number of fused-ring (bicyclic) bond motifs is 5. The third-order valence-corrected chi connectivity index (χ3v) is 7.61. The van der Waals surface area contributed by atoms with Crippen molar-refractivity contribution in [2.45, 2.75) is 49.7 Å². The van der Waals surface area contributed by atoms with Crippen LogP contribution in [0.1, 0.15) is 38.5 Å². The standard InChI is InChI=1S/C22H22N4OS/c27-22-9-6-21(7-10-22,8-11-22)24-19-3-4-20-23-14-17(26(20)25-19)15-1-2-18-16(13-15)5-12-28-18/h1-5,12-14,27H,6-11H2,(H,24,25). The number of hydrogen-bond donors (Lipinski definition) is 2. The van der Waals surface area contributed by atoms with Crippen molar-refractivity contribution in [3.63, 3.8) is 0 Å². The normalized spacial score (nSPS) is 26.9. The largest absolute Gasteiger partial charge is 0.390 e. The first kappa shape index (κ1) is 16.5. The molecule has 28 heavy (non-hydrogen) atoms. The van der Waals surface area contributed by atoms with Gasteiger partial charge in [0.2, 0.25) is 0 Å². The molecular formula is C22H22N4OS. The van der Waals surface area contributed by atoms with Gasteiger partial charge in [-0.15, -0.1) is 16.4 Å². The van der Waals surface area contributed by atoms with Crippen molar-refractivity contribution in [3.05, 3.63) is 48.0 Å². The second kappa shape index (κ2) is 5.78. The minimum absolute atomic E-state index is 0.0709. The van der Waals surface area contributed by atoms with E-state index in [0.29, 0.717) is 0 Å². The lowest BCUT2D eigenvalue weighted by atomic mass is 9.63. The zero-order valence-corrected chi connectivity index (χ0v) is 16.4. The Bertz CT molecular complexity index is 1170. The van der Waals surface area contributed by atoms with E-state index in [4.69, 9.17) is 5.10 Å². The zero-order valence-electron chi connectivity index (χ0n) is 15.6.